The molecule has 1 aromatic heterocycles. The highest BCUT2D eigenvalue weighted by Gasteiger charge is 2.12. The van der Waals surface area contributed by atoms with Gasteiger partial charge in [-0.2, -0.15) is 0 Å². The molecule has 0 bridgehead atoms. The molecule has 1 heterocycles. The average Bonchev–Trinajstić information content (AvgIpc) is 3.04. The minimum Gasteiger partial charge on any atom is -0.345 e. The number of carbonyl (C=O) groups excluding carboxylic acids is 1. The molecule has 0 aliphatic rings. The van der Waals surface area contributed by atoms with Crippen molar-refractivity contribution in [2.24, 2.45) is 0 Å². The molecule has 0 radical (unpaired) electrons. The van der Waals surface area contributed by atoms with E-state index in [9.17, 15) is 4.79 Å². The molecule has 0 atom stereocenters. The van der Waals surface area contributed by atoms with Crippen LogP contribution in [-0.2, 0) is 17.9 Å². The first-order valence-corrected chi connectivity index (χ1v) is 8.57. The second-order valence-electron chi connectivity index (χ2n) is 6.16. The second kappa shape index (κ2) is 6.84. The molecule has 26 heavy (non-hydrogen) atoms. The van der Waals surface area contributed by atoms with Crippen LogP contribution in [0.25, 0.3) is 21.8 Å². The topological polar surface area (TPSA) is 46.9 Å². The van der Waals surface area contributed by atoms with Gasteiger partial charge in [0, 0.05) is 0 Å². The van der Waals surface area contributed by atoms with Crippen molar-refractivity contribution in [2.75, 3.05) is 0 Å². The molecule has 0 saturated heterocycles. The molecule has 4 aromatic rings. The predicted octanol–water partition coefficient (Wildman–Crippen LogP) is 4.04. The number of benzene rings is 3. The maximum absolute atomic E-state index is 11.6. The predicted molar refractivity (Wildman–Crippen MR) is 105 cm³/mol. The monoisotopic (exact) mass is 341 g/mol. The first-order valence-electron chi connectivity index (χ1n) is 8.57. The van der Waals surface area contributed by atoms with Crippen molar-refractivity contribution in [2.45, 2.75) is 13.1 Å². The van der Waals surface area contributed by atoms with Gasteiger partial charge in [-0.25, -0.2) is 4.98 Å². The lowest BCUT2D eigenvalue weighted by molar-refractivity contribution is -0.116. The summed E-state index contributed by atoms with van der Waals surface area (Å²) in [5, 5.41) is 5.28. The lowest BCUT2D eigenvalue weighted by Crippen LogP contribution is -2.22. The van der Waals surface area contributed by atoms with Gasteiger partial charge in [0.2, 0.25) is 5.91 Å². The number of nitrogens with one attached hydrogen (secondary N) is 1. The van der Waals surface area contributed by atoms with Crippen LogP contribution in [0.4, 0.5) is 0 Å². The summed E-state index contributed by atoms with van der Waals surface area (Å²) >= 11 is 0. The molecule has 4 rings (SSSR count). The Labute approximate surface area is 151 Å². The van der Waals surface area contributed by atoms with Crippen molar-refractivity contribution < 1.29 is 4.79 Å². The van der Waals surface area contributed by atoms with E-state index in [0.717, 1.165) is 16.9 Å². The van der Waals surface area contributed by atoms with E-state index in [2.05, 4.69) is 65.0 Å². The van der Waals surface area contributed by atoms with E-state index in [4.69, 9.17) is 4.98 Å². The third kappa shape index (κ3) is 2.97. The van der Waals surface area contributed by atoms with Crippen LogP contribution < -0.4 is 5.32 Å². The van der Waals surface area contributed by atoms with E-state index in [0.29, 0.717) is 13.1 Å². The van der Waals surface area contributed by atoms with Gasteiger partial charge in [-0.1, -0.05) is 61.2 Å². The lowest BCUT2D eigenvalue weighted by Gasteiger charge is -2.12. The van der Waals surface area contributed by atoms with Crippen LogP contribution in [0.1, 0.15) is 11.4 Å². The highest BCUT2D eigenvalue weighted by Crippen LogP contribution is 2.23. The summed E-state index contributed by atoms with van der Waals surface area (Å²) in [6.07, 6.45) is 1.28. The molecule has 0 spiro atoms. The molecule has 0 saturated carbocycles. The fourth-order valence-electron chi connectivity index (χ4n) is 3.28. The number of aromatic nitrogens is 2. The number of fused-ring (bicyclic) bond motifs is 2. The molecule has 4 nitrogen and oxygen atoms in total. The Hall–Kier alpha value is -3.40. The van der Waals surface area contributed by atoms with Gasteiger partial charge in [0.05, 0.1) is 24.1 Å². The second-order valence-corrected chi connectivity index (χ2v) is 6.16. The third-order valence-corrected chi connectivity index (χ3v) is 4.55. The number of rotatable bonds is 5. The Morgan fingerprint density at radius 3 is 2.69 bits per heavy atom. The van der Waals surface area contributed by atoms with E-state index >= 15 is 0 Å². The highest BCUT2D eigenvalue weighted by atomic mass is 16.1. The first kappa shape index (κ1) is 16.1. The summed E-state index contributed by atoms with van der Waals surface area (Å²) in [6, 6.07) is 22.8. The fraction of sp³-hybridized carbons (Fsp3) is 0.0909. The van der Waals surface area contributed by atoms with Gasteiger partial charge in [-0.05, 0) is 34.5 Å². The normalized spacial score (nSPS) is 10.9. The van der Waals surface area contributed by atoms with Crippen LogP contribution >= 0.6 is 0 Å². The Bertz CT molecular complexity index is 1110. The van der Waals surface area contributed by atoms with Gasteiger partial charge in [0.25, 0.3) is 0 Å². The molecular formula is C22H19N3O. The molecule has 0 aliphatic carbocycles. The van der Waals surface area contributed by atoms with E-state index in [1.54, 1.807) is 0 Å². The van der Waals surface area contributed by atoms with Gasteiger partial charge in [-0.15, -0.1) is 0 Å². The summed E-state index contributed by atoms with van der Waals surface area (Å²) < 4.78 is 2.17. The molecule has 0 unspecified atom stereocenters. The summed E-state index contributed by atoms with van der Waals surface area (Å²) in [7, 11) is 0. The summed E-state index contributed by atoms with van der Waals surface area (Å²) in [5.74, 6) is 0.628. The average molecular weight is 341 g/mol. The summed E-state index contributed by atoms with van der Waals surface area (Å²) in [6.45, 7) is 4.56. The zero-order chi connectivity index (χ0) is 17.9. The highest BCUT2D eigenvalue weighted by molar-refractivity contribution is 5.87. The van der Waals surface area contributed by atoms with Gasteiger partial charge in [0.1, 0.15) is 5.82 Å². The fourth-order valence-corrected chi connectivity index (χ4v) is 3.28. The first-order chi connectivity index (χ1) is 12.8. The molecule has 0 fully saturated rings. The number of nitrogens with zero attached hydrogens (tertiary/aromatic N) is 2. The minimum absolute atomic E-state index is 0.200. The quantitative estimate of drug-likeness (QED) is 0.557. The van der Waals surface area contributed by atoms with Crippen molar-refractivity contribution in [3.05, 3.63) is 90.8 Å². The Balaban J connectivity index is 1.79. The van der Waals surface area contributed by atoms with Crippen LogP contribution in [0.3, 0.4) is 0 Å². The van der Waals surface area contributed by atoms with E-state index in [1.807, 2.05) is 18.2 Å². The van der Waals surface area contributed by atoms with E-state index < -0.39 is 0 Å². The van der Waals surface area contributed by atoms with Gasteiger partial charge < -0.3 is 9.88 Å². The number of hydrogen-bond acceptors (Lipinski definition) is 2. The molecule has 1 N–H and O–H groups in total. The molecule has 0 aliphatic heterocycles. The SMILES string of the molecule is C=CC(=O)NCc1nc2ccccc2n1Cc1cccc2ccccc12. The molecule has 4 heteroatoms. The minimum atomic E-state index is -0.200. The van der Waals surface area contributed by atoms with Crippen LogP contribution in [0.2, 0.25) is 0 Å². The van der Waals surface area contributed by atoms with Gasteiger partial charge in [-0.3, -0.25) is 4.79 Å². The lowest BCUT2D eigenvalue weighted by atomic mass is 10.0. The zero-order valence-corrected chi connectivity index (χ0v) is 14.4. The standard InChI is InChI=1S/C22H19N3O/c1-2-22(26)23-14-21-24-19-12-5-6-13-20(19)25(21)15-17-10-7-9-16-8-3-4-11-18(16)17/h2-13H,1,14-15H2,(H,23,26). The number of carbonyl (C=O) groups is 1. The van der Waals surface area contributed by atoms with Crippen molar-refractivity contribution >= 4 is 27.7 Å². The van der Waals surface area contributed by atoms with Crippen LogP contribution in [0, 0.1) is 0 Å². The van der Waals surface area contributed by atoms with E-state index in [1.165, 1.54) is 22.4 Å². The van der Waals surface area contributed by atoms with Crippen LogP contribution in [0.5, 0.6) is 0 Å². The maximum Gasteiger partial charge on any atom is 0.243 e. The number of para-hydroxylation sites is 2. The molecular weight excluding hydrogens is 322 g/mol. The van der Waals surface area contributed by atoms with E-state index in [-0.39, 0.29) is 5.91 Å². The molecule has 128 valence electrons. The molecule has 3 aromatic carbocycles. The zero-order valence-electron chi connectivity index (χ0n) is 14.4. The number of amides is 1. The van der Waals surface area contributed by atoms with Gasteiger partial charge in [0.15, 0.2) is 0 Å². The van der Waals surface area contributed by atoms with Crippen molar-refractivity contribution in [3.8, 4) is 0 Å². The number of imidazole rings is 1. The Morgan fingerprint density at radius 1 is 1.04 bits per heavy atom. The molecule has 1 amide bonds. The van der Waals surface area contributed by atoms with Gasteiger partial charge >= 0.3 is 0 Å². The van der Waals surface area contributed by atoms with Crippen LogP contribution in [-0.4, -0.2) is 15.5 Å². The van der Waals surface area contributed by atoms with Crippen molar-refractivity contribution in [1.82, 2.24) is 14.9 Å². The Morgan fingerprint density at radius 2 is 1.81 bits per heavy atom. The largest absolute Gasteiger partial charge is 0.345 e. The number of hydrogen-bond donors (Lipinski definition) is 1. The van der Waals surface area contributed by atoms with Crippen molar-refractivity contribution in [3.63, 3.8) is 0 Å². The van der Waals surface area contributed by atoms with Crippen molar-refractivity contribution in [1.29, 1.82) is 0 Å². The van der Waals surface area contributed by atoms with Crippen LogP contribution in [0.15, 0.2) is 79.4 Å². The smallest absolute Gasteiger partial charge is 0.243 e. The maximum atomic E-state index is 11.6. The summed E-state index contributed by atoms with van der Waals surface area (Å²) in [5.41, 5.74) is 3.21. The summed E-state index contributed by atoms with van der Waals surface area (Å²) in [4.78, 5) is 16.3. The Kier molecular flexibility index (Phi) is 4.23. The third-order valence-electron chi connectivity index (χ3n) is 4.55.